The number of halogens is 1. The number of hydrogen-bond donors (Lipinski definition) is 3. The highest BCUT2D eigenvalue weighted by atomic mass is 35.5. The Bertz CT molecular complexity index is 907. The predicted octanol–water partition coefficient (Wildman–Crippen LogP) is 3.03. The number of sulfonamides is 1. The monoisotopic (exact) mass is 413 g/mol. The Hall–Kier alpha value is -2.29. The van der Waals surface area contributed by atoms with Gasteiger partial charge in [-0.05, 0) is 57.2 Å². The van der Waals surface area contributed by atoms with Gasteiger partial charge in [-0.3, -0.25) is 4.79 Å². The summed E-state index contributed by atoms with van der Waals surface area (Å²) in [6, 6.07) is 10.6. The van der Waals surface area contributed by atoms with Crippen LogP contribution in [0.3, 0.4) is 0 Å². The van der Waals surface area contributed by atoms with Gasteiger partial charge in [0.25, 0.3) is 5.91 Å². The van der Waals surface area contributed by atoms with Gasteiger partial charge in [0.2, 0.25) is 10.0 Å². The number of methoxy groups -OCH3 is 1. The van der Waals surface area contributed by atoms with E-state index in [0.29, 0.717) is 22.7 Å². The fourth-order valence-electron chi connectivity index (χ4n) is 2.21. The Balaban J connectivity index is 0.00000364. The molecule has 2 rings (SSSR count). The zero-order valence-electron chi connectivity index (χ0n) is 15.6. The standard InChI is InChI=1S/C18H23N3O4S.ClH/c1-18(2,3)21-26(23,24)14-8-5-12(6-9-14)17(22)20-16-11-13(25-4)7-10-15(16)19;/h5-11,21H,19H2,1-4H3,(H,20,22);1H. The molecule has 0 bridgehead atoms. The first kappa shape index (κ1) is 22.8. The molecular weight excluding hydrogens is 390 g/mol. The van der Waals surface area contributed by atoms with Crippen LogP contribution in [0.15, 0.2) is 47.4 Å². The molecule has 0 radical (unpaired) electrons. The third-order valence-corrected chi connectivity index (χ3v) is 5.15. The first-order chi connectivity index (χ1) is 12.0. The molecule has 0 aromatic heterocycles. The number of anilines is 2. The molecule has 27 heavy (non-hydrogen) atoms. The second-order valence-corrected chi connectivity index (χ2v) is 8.47. The number of hydrogen-bond acceptors (Lipinski definition) is 5. The Labute approximate surface area is 165 Å². The van der Waals surface area contributed by atoms with E-state index in [1.807, 2.05) is 0 Å². The van der Waals surface area contributed by atoms with Crippen molar-refractivity contribution in [3.63, 3.8) is 0 Å². The summed E-state index contributed by atoms with van der Waals surface area (Å²) < 4.78 is 32.3. The van der Waals surface area contributed by atoms with Crippen LogP contribution in [0.1, 0.15) is 31.1 Å². The number of carbonyl (C=O) groups excluding carboxylic acids is 1. The highest BCUT2D eigenvalue weighted by molar-refractivity contribution is 7.89. The number of benzene rings is 2. The maximum atomic E-state index is 12.4. The average molecular weight is 414 g/mol. The summed E-state index contributed by atoms with van der Waals surface area (Å²) in [7, 11) is -2.14. The van der Waals surface area contributed by atoms with E-state index in [9.17, 15) is 13.2 Å². The Morgan fingerprint density at radius 3 is 2.19 bits per heavy atom. The normalized spacial score (nSPS) is 11.4. The number of nitrogens with one attached hydrogen (secondary N) is 2. The summed E-state index contributed by atoms with van der Waals surface area (Å²) in [5.41, 5.74) is 6.37. The molecule has 0 unspecified atom stereocenters. The van der Waals surface area contributed by atoms with Crippen molar-refractivity contribution in [2.24, 2.45) is 0 Å². The Morgan fingerprint density at radius 1 is 1.07 bits per heavy atom. The predicted molar refractivity (Wildman–Crippen MR) is 109 cm³/mol. The molecule has 0 spiro atoms. The number of nitrogen functional groups attached to an aromatic ring is 1. The lowest BCUT2D eigenvalue weighted by Gasteiger charge is -2.20. The molecule has 148 valence electrons. The van der Waals surface area contributed by atoms with Crippen molar-refractivity contribution >= 4 is 39.7 Å². The number of carbonyl (C=O) groups is 1. The van der Waals surface area contributed by atoms with Crippen molar-refractivity contribution in [2.75, 3.05) is 18.2 Å². The second-order valence-electron chi connectivity index (χ2n) is 6.79. The fourth-order valence-corrected chi connectivity index (χ4v) is 3.63. The zero-order chi connectivity index (χ0) is 19.5. The molecule has 0 aliphatic carbocycles. The summed E-state index contributed by atoms with van der Waals surface area (Å²) in [6.45, 7) is 5.26. The van der Waals surface area contributed by atoms with Crippen LogP contribution in [0.25, 0.3) is 0 Å². The molecule has 0 aliphatic heterocycles. The largest absolute Gasteiger partial charge is 0.497 e. The lowest BCUT2D eigenvalue weighted by Crippen LogP contribution is -2.40. The van der Waals surface area contributed by atoms with Crippen molar-refractivity contribution in [3.05, 3.63) is 48.0 Å². The molecule has 0 saturated heterocycles. The highest BCUT2D eigenvalue weighted by Crippen LogP contribution is 2.25. The summed E-state index contributed by atoms with van der Waals surface area (Å²) in [4.78, 5) is 12.5. The third-order valence-electron chi connectivity index (χ3n) is 3.38. The van der Waals surface area contributed by atoms with Gasteiger partial charge in [0.1, 0.15) is 5.75 Å². The van der Waals surface area contributed by atoms with Gasteiger partial charge >= 0.3 is 0 Å². The number of nitrogens with two attached hydrogens (primary N) is 1. The minimum absolute atomic E-state index is 0. The van der Waals surface area contributed by atoms with E-state index in [1.54, 1.807) is 39.0 Å². The van der Waals surface area contributed by atoms with Gasteiger partial charge in [-0.15, -0.1) is 12.4 Å². The number of rotatable bonds is 5. The van der Waals surface area contributed by atoms with Crippen LogP contribution in [-0.4, -0.2) is 27.0 Å². The van der Waals surface area contributed by atoms with Crippen molar-refractivity contribution < 1.29 is 17.9 Å². The topological polar surface area (TPSA) is 111 Å². The molecule has 0 heterocycles. The third kappa shape index (κ3) is 6.13. The lowest BCUT2D eigenvalue weighted by atomic mass is 10.1. The lowest BCUT2D eigenvalue weighted by molar-refractivity contribution is 0.102. The summed E-state index contributed by atoms with van der Waals surface area (Å²) >= 11 is 0. The molecular formula is C18H24ClN3O4S. The molecule has 0 saturated carbocycles. The maximum absolute atomic E-state index is 12.4. The zero-order valence-corrected chi connectivity index (χ0v) is 17.2. The molecule has 2 aromatic carbocycles. The number of ether oxygens (including phenoxy) is 1. The van der Waals surface area contributed by atoms with Gasteiger partial charge in [0.05, 0.1) is 23.4 Å². The fraction of sp³-hybridized carbons (Fsp3) is 0.278. The van der Waals surface area contributed by atoms with Crippen molar-refractivity contribution in [1.29, 1.82) is 0 Å². The van der Waals surface area contributed by atoms with Gasteiger partial charge in [-0.25, -0.2) is 13.1 Å². The van der Waals surface area contributed by atoms with Gasteiger partial charge in [0, 0.05) is 17.2 Å². The molecule has 0 atom stereocenters. The van der Waals surface area contributed by atoms with Crippen molar-refractivity contribution in [2.45, 2.75) is 31.2 Å². The van der Waals surface area contributed by atoms with E-state index in [0.717, 1.165) is 0 Å². The van der Waals surface area contributed by atoms with E-state index in [4.69, 9.17) is 10.5 Å². The highest BCUT2D eigenvalue weighted by Gasteiger charge is 2.22. The average Bonchev–Trinajstić information content (AvgIpc) is 2.55. The second kappa shape index (κ2) is 8.60. The van der Waals surface area contributed by atoms with Crippen molar-refractivity contribution in [1.82, 2.24) is 4.72 Å². The van der Waals surface area contributed by atoms with Gasteiger partial charge in [-0.1, -0.05) is 0 Å². The van der Waals surface area contributed by atoms with E-state index in [2.05, 4.69) is 10.0 Å². The van der Waals surface area contributed by atoms with E-state index < -0.39 is 21.5 Å². The molecule has 9 heteroatoms. The van der Waals surface area contributed by atoms with Crippen molar-refractivity contribution in [3.8, 4) is 5.75 Å². The van der Waals surface area contributed by atoms with Gasteiger partial charge < -0.3 is 15.8 Å². The minimum atomic E-state index is -3.65. The van der Waals surface area contributed by atoms with Crippen LogP contribution in [0, 0.1) is 0 Å². The molecule has 0 fully saturated rings. The SMILES string of the molecule is COc1ccc(N)c(NC(=O)c2ccc(S(=O)(=O)NC(C)(C)C)cc2)c1.Cl. The molecule has 2 aromatic rings. The van der Waals surface area contributed by atoms with E-state index in [1.165, 1.54) is 31.4 Å². The molecule has 7 nitrogen and oxygen atoms in total. The minimum Gasteiger partial charge on any atom is -0.497 e. The van der Waals surface area contributed by atoms with Gasteiger partial charge in [-0.2, -0.15) is 0 Å². The van der Waals surface area contributed by atoms with Crippen LogP contribution < -0.4 is 20.5 Å². The van der Waals surface area contributed by atoms with Crippen LogP contribution in [0.2, 0.25) is 0 Å². The summed E-state index contributed by atoms with van der Waals surface area (Å²) in [5.74, 6) is 0.155. The first-order valence-corrected chi connectivity index (χ1v) is 9.39. The van der Waals surface area contributed by atoms with Crippen LogP contribution >= 0.6 is 12.4 Å². The molecule has 4 N–H and O–H groups in total. The summed E-state index contributed by atoms with van der Waals surface area (Å²) in [5, 5.41) is 2.69. The first-order valence-electron chi connectivity index (χ1n) is 7.91. The van der Waals surface area contributed by atoms with E-state index >= 15 is 0 Å². The Kier molecular flexibility index (Phi) is 7.25. The summed E-state index contributed by atoms with van der Waals surface area (Å²) in [6.07, 6.45) is 0. The molecule has 1 amide bonds. The van der Waals surface area contributed by atoms with Crippen LogP contribution in [-0.2, 0) is 10.0 Å². The maximum Gasteiger partial charge on any atom is 0.255 e. The van der Waals surface area contributed by atoms with Crippen LogP contribution in [0.4, 0.5) is 11.4 Å². The number of amides is 1. The van der Waals surface area contributed by atoms with E-state index in [-0.39, 0.29) is 17.3 Å². The smallest absolute Gasteiger partial charge is 0.255 e. The van der Waals surface area contributed by atoms with Crippen LogP contribution in [0.5, 0.6) is 5.75 Å². The van der Waals surface area contributed by atoms with Gasteiger partial charge in [0.15, 0.2) is 0 Å². The molecule has 0 aliphatic rings. The quantitative estimate of drug-likeness (QED) is 0.652. The Morgan fingerprint density at radius 2 is 1.67 bits per heavy atom.